The van der Waals surface area contributed by atoms with Crippen molar-refractivity contribution >= 4 is 11.6 Å². The summed E-state index contributed by atoms with van der Waals surface area (Å²) in [5.74, 6) is 1.25. The first-order chi connectivity index (χ1) is 14.2. The van der Waals surface area contributed by atoms with E-state index in [2.05, 4.69) is 19.9 Å². The molecule has 1 aromatic carbocycles. The molecule has 0 atom stereocenters. The number of nitrogens with zero attached hydrogens (tertiary/aromatic N) is 6. The van der Waals surface area contributed by atoms with E-state index >= 15 is 0 Å². The van der Waals surface area contributed by atoms with Gasteiger partial charge >= 0.3 is 0 Å². The number of rotatable bonds is 6. The summed E-state index contributed by atoms with van der Waals surface area (Å²) in [5, 5.41) is 0. The zero-order chi connectivity index (χ0) is 20.1. The molecule has 0 unspecified atom stereocenters. The van der Waals surface area contributed by atoms with Crippen LogP contribution in [-0.4, -0.2) is 37.5 Å². The first-order valence-corrected chi connectivity index (χ1v) is 9.24. The van der Waals surface area contributed by atoms with E-state index in [0.717, 1.165) is 17.1 Å². The third kappa shape index (κ3) is 4.19. The fraction of sp³-hybridized carbons (Fsp3) is 0.136. The normalized spacial score (nSPS) is 10.7. The summed E-state index contributed by atoms with van der Waals surface area (Å²) in [6.07, 6.45) is 8.81. The van der Waals surface area contributed by atoms with Crippen LogP contribution in [0, 0.1) is 0 Å². The van der Waals surface area contributed by atoms with Crippen molar-refractivity contribution in [2.45, 2.75) is 13.0 Å². The van der Waals surface area contributed by atoms with Crippen molar-refractivity contribution in [1.82, 2.24) is 24.5 Å². The van der Waals surface area contributed by atoms with E-state index in [1.54, 1.807) is 55.1 Å². The van der Waals surface area contributed by atoms with Crippen LogP contribution in [-0.2, 0) is 13.0 Å². The molecule has 0 bridgehead atoms. The molecule has 7 nitrogen and oxygen atoms in total. The lowest BCUT2D eigenvalue weighted by Crippen LogP contribution is -2.29. The van der Waals surface area contributed by atoms with E-state index in [-0.39, 0.29) is 5.91 Å². The molecule has 0 fully saturated rings. The molecule has 0 radical (unpaired) electrons. The van der Waals surface area contributed by atoms with Crippen molar-refractivity contribution in [3.63, 3.8) is 0 Å². The summed E-state index contributed by atoms with van der Waals surface area (Å²) in [6.45, 7) is 0.533. The maximum absolute atomic E-state index is 13.2. The highest BCUT2D eigenvalue weighted by atomic mass is 16.2. The van der Waals surface area contributed by atoms with Gasteiger partial charge in [0.25, 0.3) is 5.91 Å². The number of imidazole rings is 1. The molecule has 1 amide bonds. The van der Waals surface area contributed by atoms with Gasteiger partial charge in [0.1, 0.15) is 17.3 Å². The third-order valence-electron chi connectivity index (χ3n) is 4.61. The van der Waals surface area contributed by atoms with Gasteiger partial charge in [-0.2, -0.15) is 0 Å². The van der Waals surface area contributed by atoms with Crippen molar-refractivity contribution in [2.24, 2.45) is 0 Å². The average molecular weight is 384 g/mol. The zero-order valence-corrected chi connectivity index (χ0v) is 16.0. The van der Waals surface area contributed by atoms with Crippen molar-refractivity contribution < 1.29 is 4.79 Å². The van der Waals surface area contributed by atoms with Crippen LogP contribution in [0.25, 0.3) is 0 Å². The Morgan fingerprint density at radius 3 is 2.45 bits per heavy atom. The van der Waals surface area contributed by atoms with E-state index in [0.29, 0.717) is 24.5 Å². The summed E-state index contributed by atoms with van der Waals surface area (Å²) < 4.78 is 1.93. The number of anilines is 1. The number of carbonyl (C=O) groups is 1. The Bertz CT molecular complexity index is 1080. The van der Waals surface area contributed by atoms with Gasteiger partial charge in [-0.05, 0) is 23.8 Å². The van der Waals surface area contributed by atoms with Gasteiger partial charge in [-0.15, -0.1) is 0 Å². The van der Waals surface area contributed by atoms with E-state index in [1.807, 2.05) is 41.0 Å². The molecule has 0 N–H and O–H groups in total. The minimum absolute atomic E-state index is 0.151. The molecule has 0 spiro atoms. The first-order valence-electron chi connectivity index (χ1n) is 9.24. The highest BCUT2D eigenvalue weighted by Crippen LogP contribution is 2.18. The zero-order valence-electron chi connectivity index (χ0n) is 16.0. The predicted molar refractivity (Wildman–Crippen MR) is 110 cm³/mol. The van der Waals surface area contributed by atoms with Crippen molar-refractivity contribution in [3.05, 3.63) is 102 Å². The molecular formula is C22H20N6O. The molecule has 7 heteroatoms. The van der Waals surface area contributed by atoms with Crippen LogP contribution in [0.3, 0.4) is 0 Å². The number of amides is 1. The highest BCUT2D eigenvalue weighted by Gasteiger charge is 2.21. The fourth-order valence-corrected chi connectivity index (χ4v) is 3.07. The molecule has 29 heavy (non-hydrogen) atoms. The Hall–Kier alpha value is -3.87. The molecule has 4 aromatic rings. The van der Waals surface area contributed by atoms with Crippen molar-refractivity contribution in [1.29, 1.82) is 0 Å². The second kappa shape index (κ2) is 8.43. The van der Waals surface area contributed by atoms with Crippen molar-refractivity contribution in [2.75, 3.05) is 11.9 Å². The lowest BCUT2D eigenvalue weighted by atomic mass is 10.2. The van der Waals surface area contributed by atoms with E-state index in [1.165, 1.54) is 0 Å². The molecule has 144 valence electrons. The largest absolute Gasteiger partial charge is 0.319 e. The monoisotopic (exact) mass is 384 g/mol. The Labute approximate surface area is 168 Å². The Balaban J connectivity index is 1.70. The number of pyridine rings is 1. The Morgan fingerprint density at radius 1 is 0.931 bits per heavy atom. The quantitative estimate of drug-likeness (QED) is 0.511. The summed E-state index contributed by atoms with van der Waals surface area (Å²) in [4.78, 5) is 32.0. The van der Waals surface area contributed by atoms with Gasteiger partial charge in [-0.3, -0.25) is 9.78 Å². The highest BCUT2D eigenvalue weighted by molar-refractivity contribution is 6.04. The van der Waals surface area contributed by atoms with Crippen LogP contribution in [0.4, 0.5) is 5.69 Å². The average Bonchev–Trinajstić information content (AvgIpc) is 3.16. The topological polar surface area (TPSA) is 76.8 Å². The molecule has 0 aliphatic carbocycles. The number of hydrogen-bond acceptors (Lipinski definition) is 5. The summed E-state index contributed by atoms with van der Waals surface area (Å²) in [6, 6.07) is 15.4. The Kier molecular flexibility index (Phi) is 5.38. The maximum atomic E-state index is 13.2. The smallest absolute Gasteiger partial charge is 0.276 e. The molecule has 0 aliphatic heterocycles. The van der Waals surface area contributed by atoms with Crippen LogP contribution in [0.2, 0.25) is 0 Å². The number of benzene rings is 1. The molecule has 3 heterocycles. The SMILES string of the molecule is CN(C(=O)c1cnc(Cc2ncccn2)n1Cc1ccccc1)c1cccnc1. The molecule has 3 aromatic heterocycles. The van der Waals surface area contributed by atoms with Gasteiger partial charge in [-0.1, -0.05) is 30.3 Å². The number of carbonyl (C=O) groups excluding carboxylic acids is 1. The number of aromatic nitrogens is 5. The third-order valence-corrected chi connectivity index (χ3v) is 4.61. The summed E-state index contributed by atoms with van der Waals surface area (Å²) in [7, 11) is 1.74. The van der Waals surface area contributed by atoms with Crippen LogP contribution in [0.1, 0.15) is 27.7 Å². The second-order valence-corrected chi connectivity index (χ2v) is 6.55. The second-order valence-electron chi connectivity index (χ2n) is 6.55. The lowest BCUT2D eigenvalue weighted by molar-refractivity contribution is 0.0984. The molecular weight excluding hydrogens is 364 g/mol. The molecule has 0 saturated carbocycles. The van der Waals surface area contributed by atoms with Gasteiger partial charge in [0.2, 0.25) is 0 Å². The molecule has 4 rings (SSSR count). The van der Waals surface area contributed by atoms with E-state index in [4.69, 9.17) is 0 Å². The standard InChI is InChI=1S/C22H20N6O/c1-27(18-9-5-10-23-14-18)22(29)19-15-26-21(13-20-24-11-6-12-25-20)28(19)16-17-7-3-2-4-8-17/h2-12,14-15H,13,16H2,1H3. The molecule has 0 aliphatic rings. The number of hydrogen-bond donors (Lipinski definition) is 0. The minimum atomic E-state index is -0.151. The van der Waals surface area contributed by atoms with Crippen LogP contribution < -0.4 is 4.90 Å². The van der Waals surface area contributed by atoms with Gasteiger partial charge in [-0.25, -0.2) is 15.0 Å². The van der Waals surface area contributed by atoms with E-state index in [9.17, 15) is 4.79 Å². The first kappa shape index (κ1) is 18.5. The van der Waals surface area contributed by atoms with Crippen LogP contribution in [0.5, 0.6) is 0 Å². The van der Waals surface area contributed by atoms with Crippen LogP contribution >= 0.6 is 0 Å². The molecule has 0 saturated heterocycles. The minimum Gasteiger partial charge on any atom is -0.319 e. The van der Waals surface area contributed by atoms with Gasteiger partial charge in [0.05, 0.1) is 24.5 Å². The predicted octanol–water partition coefficient (Wildman–Crippen LogP) is 2.98. The van der Waals surface area contributed by atoms with Gasteiger partial charge in [0.15, 0.2) is 0 Å². The Morgan fingerprint density at radius 2 is 1.72 bits per heavy atom. The summed E-state index contributed by atoms with van der Waals surface area (Å²) >= 11 is 0. The van der Waals surface area contributed by atoms with Crippen molar-refractivity contribution in [3.8, 4) is 0 Å². The van der Waals surface area contributed by atoms with E-state index < -0.39 is 0 Å². The van der Waals surface area contributed by atoms with Gasteiger partial charge < -0.3 is 9.47 Å². The maximum Gasteiger partial charge on any atom is 0.276 e. The van der Waals surface area contributed by atoms with Gasteiger partial charge in [0, 0.05) is 32.2 Å². The fourth-order valence-electron chi connectivity index (χ4n) is 3.07. The lowest BCUT2D eigenvalue weighted by Gasteiger charge is -2.18. The van der Waals surface area contributed by atoms with Crippen LogP contribution in [0.15, 0.2) is 79.5 Å². The summed E-state index contributed by atoms with van der Waals surface area (Å²) in [5.41, 5.74) is 2.31.